The van der Waals surface area contributed by atoms with Crippen molar-refractivity contribution in [3.05, 3.63) is 132 Å². The SMILES string of the molecule is C=CC(=O)Cc1ccc(Cl)c(-c2nc(Nc3ccc(O)c(N4CCN(C)CC4)c3)nc3[nH]ncc23)c1.C=CC(=O)Cc1ccc(Cl)c(-c2nc(Nc3ccc(OC)c(N4CCN(C)CC4)c3)nc3[nH]ncc23)c1. The van der Waals surface area contributed by atoms with Crippen LogP contribution in [-0.4, -0.2) is 140 Å². The van der Waals surface area contributed by atoms with Gasteiger partial charge in [-0.25, -0.2) is 9.97 Å². The van der Waals surface area contributed by atoms with Crippen LogP contribution in [0.3, 0.4) is 0 Å². The number of rotatable bonds is 15. The minimum Gasteiger partial charge on any atom is -0.506 e. The predicted octanol–water partition coefficient (Wildman–Crippen LogP) is 8.65. The number of hydrogen-bond acceptors (Lipinski definition) is 16. The fourth-order valence-corrected chi connectivity index (χ4v) is 9.10. The average Bonchev–Trinajstić information content (AvgIpc) is 4.09. The molecule has 0 atom stereocenters. The molecule has 0 bridgehead atoms. The Labute approximate surface area is 431 Å². The number of halogens is 2. The van der Waals surface area contributed by atoms with Gasteiger partial charge >= 0.3 is 0 Å². The van der Waals surface area contributed by atoms with Gasteiger partial charge in [0.25, 0.3) is 0 Å². The van der Waals surface area contributed by atoms with Gasteiger partial charge in [0.2, 0.25) is 11.9 Å². The monoisotopic (exact) mass is 1020 g/mol. The summed E-state index contributed by atoms with van der Waals surface area (Å²) >= 11 is 13.2. The zero-order chi connectivity index (χ0) is 51.2. The molecule has 2 aliphatic heterocycles. The molecule has 20 heteroatoms. The maximum Gasteiger partial charge on any atom is 0.229 e. The van der Waals surface area contributed by atoms with Gasteiger partial charge in [-0.15, -0.1) is 0 Å². The van der Waals surface area contributed by atoms with Crippen molar-refractivity contribution in [2.45, 2.75) is 12.8 Å². The Kier molecular flexibility index (Phi) is 15.3. The number of piperazine rings is 2. The average molecular weight is 1020 g/mol. The van der Waals surface area contributed by atoms with Crippen LogP contribution in [-0.2, 0) is 22.4 Å². The largest absolute Gasteiger partial charge is 0.506 e. The second kappa shape index (κ2) is 22.3. The number of carbonyl (C=O) groups is 2. The first kappa shape index (κ1) is 50.1. The molecule has 18 nitrogen and oxygen atoms in total. The van der Waals surface area contributed by atoms with Crippen molar-refractivity contribution in [2.75, 3.05) is 94.0 Å². The Morgan fingerprint density at radius 2 is 1.10 bits per heavy atom. The van der Waals surface area contributed by atoms with Gasteiger partial charge in [0.1, 0.15) is 11.5 Å². The summed E-state index contributed by atoms with van der Waals surface area (Å²) in [7, 11) is 5.91. The van der Waals surface area contributed by atoms with Gasteiger partial charge in [0, 0.05) is 87.7 Å². The summed E-state index contributed by atoms with van der Waals surface area (Å²) in [6, 6.07) is 22.2. The number of phenolic OH excluding ortho intramolecular Hbond substituents is 1. The van der Waals surface area contributed by atoms with E-state index in [-0.39, 0.29) is 30.2 Å². The number of anilines is 6. The van der Waals surface area contributed by atoms with Crippen LogP contribution >= 0.6 is 23.2 Å². The van der Waals surface area contributed by atoms with E-state index in [1.165, 1.54) is 12.2 Å². The molecule has 2 saturated heterocycles. The van der Waals surface area contributed by atoms with Crippen molar-refractivity contribution in [2.24, 2.45) is 0 Å². The van der Waals surface area contributed by atoms with Gasteiger partial charge in [0.05, 0.1) is 63.1 Å². The summed E-state index contributed by atoms with van der Waals surface area (Å²) in [5.41, 5.74) is 8.67. The van der Waals surface area contributed by atoms with Crippen LogP contribution < -0.4 is 25.2 Å². The second-order valence-electron chi connectivity index (χ2n) is 17.8. The van der Waals surface area contributed by atoms with Gasteiger partial charge < -0.3 is 40.1 Å². The van der Waals surface area contributed by atoms with Crippen molar-refractivity contribution in [1.82, 2.24) is 50.1 Å². The molecule has 374 valence electrons. The molecule has 2 fully saturated rings. The van der Waals surface area contributed by atoms with E-state index in [9.17, 15) is 14.7 Å². The molecule has 0 spiro atoms. The quantitative estimate of drug-likeness (QED) is 0.0481. The highest BCUT2D eigenvalue weighted by molar-refractivity contribution is 6.34. The van der Waals surface area contributed by atoms with E-state index >= 15 is 0 Å². The van der Waals surface area contributed by atoms with E-state index in [1.54, 1.807) is 43.8 Å². The van der Waals surface area contributed by atoms with Gasteiger partial charge in [-0.2, -0.15) is 20.2 Å². The smallest absolute Gasteiger partial charge is 0.229 e. The minimum atomic E-state index is -0.0785. The molecule has 0 radical (unpaired) electrons. The maximum atomic E-state index is 11.9. The molecule has 8 aromatic rings. The number of hydrogen-bond donors (Lipinski definition) is 5. The lowest BCUT2D eigenvalue weighted by molar-refractivity contribution is -0.114. The van der Waals surface area contributed by atoms with Crippen LogP contribution in [0.2, 0.25) is 10.0 Å². The Morgan fingerprint density at radius 1 is 0.644 bits per heavy atom. The number of carbonyl (C=O) groups excluding carboxylic acids is 2. The first-order chi connectivity index (χ1) is 35.4. The van der Waals surface area contributed by atoms with Crippen LogP contribution in [0.4, 0.5) is 34.6 Å². The number of likely N-dealkylation sites (N-methyl/N-ethyl adjacent to an activating group) is 2. The zero-order valence-corrected chi connectivity index (χ0v) is 42.1. The van der Waals surface area contributed by atoms with Gasteiger partial charge in [0.15, 0.2) is 22.9 Å². The Balaban J connectivity index is 0.000000180. The number of benzene rings is 4. The second-order valence-corrected chi connectivity index (χ2v) is 18.6. The molecule has 0 saturated carbocycles. The molecule has 2 aliphatic rings. The Bertz CT molecular complexity index is 3340. The lowest BCUT2D eigenvalue weighted by Gasteiger charge is -2.34. The zero-order valence-electron chi connectivity index (χ0n) is 40.6. The Hall–Kier alpha value is -7.90. The number of aromatic hydroxyl groups is 1. The molecule has 10 rings (SSSR count). The fourth-order valence-electron chi connectivity index (χ4n) is 8.69. The topological polar surface area (TPSA) is 210 Å². The molecule has 4 aromatic heterocycles. The molecular formula is C53H54Cl2N14O4. The lowest BCUT2D eigenvalue weighted by atomic mass is 10.0. The fraction of sp³-hybridized carbons (Fsp3) is 0.245. The molecule has 0 amide bonds. The third kappa shape index (κ3) is 11.6. The molecule has 4 aromatic carbocycles. The molecule has 5 N–H and O–H groups in total. The van der Waals surface area contributed by atoms with Crippen LogP contribution in [0.5, 0.6) is 11.5 Å². The van der Waals surface area contributed by atoms with Crippen molar-refractivity contribution >= 4 is 91.5 Å². The van der Waals surface area contributed by atoms with Crippen LogP contribution in [0.25, 0.3) is 44.6 Å². The Morgan fingerprint density at radius 3 is 1.56 bits per heavy atom. The highest BCUT2D eigenvalue weighted by Crippen LogP contribution is 2.38. The number of phenols is 1. The van der Waals surface area contributed by atoms with Gasteiger partial charge in [-0.05, 0) is 98.0 Å². The summed E-state index contributed by atoms with van der Waals surface area (Å²) < 4.78 is 5.64. The highest BCUT2D eigenvalue weighted by Gasteiger charge is 2.22. The van der Waals surface area contributed by atoms with E-state index in [2.05, 4.69) is 93.9 Å². The summed E-state index contributed by atoms with van der Waals surface area (Å²) in [5.74, 6) is 1.64. The van der Waals surface area contributed by atoms with Crippen LogP contribution in [0.1, 0.15) is 11.1 Å². The number of fused-ring (bicyclic) bond motifs is 2. The summed E-state index contributed by atoms with van der Waals surface area (Å²) in [4.78, 5) is 51.7. The standard InChI is InChI=1S/C27H28ClN7O2.C26H26ClN7O2/c1-4-19(36)13-17-5-7-22(28)20(14-17)25-21-16-29-33-26(21)32-27(31-25)30-18-6-8-24(37-3)23(15-18)35-11-9-34(2)10-12-35;1-3-18(35)12-16-4-6-21(27)19(13-16)24-20-15-28-32-25(20)31-26(30-24)29-17-5-7-23(36)22(14-17)34-10-8-33(2)9-11-34/h4-8,14-16H,1,9-13H2,2-3H3,(H2,29,30,31,32,33);3-7,13-15,36H,1,8-12H2,2H3,(H2,28,29,30,31,32). The summed E-state index contributed by atoms with van der Waals surface area (Å²) in [6.45, 7) is 14.4. The van der Waals surface area contributed by atoms with Crippen molar-refractivity contribution in [3.63, 3.8) is 0 Å². The third-order valence-electron chi connectivity index (χ3n) is 12.8. The van der Waals surface area contributed by atoms with E-state index < -0.39 is 0 Å². The first-order valence-electron chi connectivity index (χ1n) is 23.6. The number of ketones is 2. The molecule has 0 unspecified atom stereocenters. The van der Waals surface area contributed by atoms with Crippen molar-refractivity contribution in [3.8, 4) is 34.0 Å². The number of H-pyrrole nitrogens is 2. The van der Waals surface area contributed by atoms with E-state index in [4.69, 9.17) is 37.9 Å². The van der Waals surface area contributed by atoms with E-state index in [0.717, 1.165) is 97.4 Å². The number of ether oxygens (including phenoxy) is 1. The predicted molar refractivity (Wildman–Crippen MR) is 289 cm³/mol. The number of nitrogens with one attached hydrogen (secondary N) is 4. The van der Waals surface area contributed by atoms with E-state index in [1.807, 2.05) is 42.5 Å². The normalized spacial score (nSPS) is 14.2. The molecular weight excluding hydrogens is 968 g/mol. The number of nitrogens with zero attached hydrogens (tertiary/aromatic N) is 10. The molecule has 73 heavy (non-hydrogen) atoms. The van der Waals surface area contributed by atoms with Crippen LogP contribution in [0.15, 0.2) is 111 Å². The number of allylic oxidation sites excluding steroid dienone is 2. The van der Waals surface area contributed by atoms with Crippen molar-refractivity contribution < 1.29 is 19.4 Å². The number of aromatic amines is 2. The minimum absolute atomic E-state index is 0.0672. The molecule has 6 heterocycles. The summed E-state index contributed by atoms with van der Waals surface area (Å²) in [5, 5.41) is 33.7. The maximum absolute atomic E-state index is 11.9. The first-order valence-corrected chi connectivity index (χ1v) is 24.3. The van der Waals surface area contributed by atoms with E-state index in [0.29, 0.717) is 61.1 Å². The van der Waals surface area contributed by atoms with Crippen molar-refractivity contribution in [1.29, 1.82) is 0 Å². The summed E-state index contributed by atoms with van der Waals surface area (Å²) in [6.07, 6.45) is 6.41. The number of aromatic nitrogens is 8. The number of methoxy groups -OCH3 is 1. The van der Waals surface area contributed by atoms with Gasteiger partial charge in [-0.1, -0.05) is 48.5 Å². The molecule has 0 aliphatic carbocycles. The highest BCUT2D eigenvalue weighted by atomic mass is 35.5. The van der Waals surface area contributed by atoms with Crippen LogP contribution in [0, 0.1) is 0 Å². The lowest BCUT2D eigenvalue weighted by Crippen LogP contribution is -2.44. The van der Waals surface area contributed by atoms with Gasteiger partial charge in [-0.3, -0.25) is 19.8 Å². The third-order valence-corrected chi connectivity index (χ3v) is 13.4.